The second kappa shape index (κ2) is 6.35. The van der Waals surface area contributed by atoms with E-state index in [1.807, 2.05) is 6.92 Å². The highest BCUT2D eigenvalue weighted by Gasteiger charge is 2.35. The highest BCUT2D eigenvalue weighted by molar-refractivity contribution is 7.89. The number of sulfonamides is 1. The average Bonchev–Trinajstić information content (AvgIpc) is 2.97. The number of likely N-dealkylation sites (tertiary alicyclic amines) is 1. The first-order valence-corrected chi connectivity index (χ1v) is 9.18. The van der Waals surface area contributed by atoms with Crippen LogP contribution in [0.15, 0.2) is 16.3 Å². The van der Waals surface area contributed by atoms with E-state index in [1.54, 1.807) is 0 Å². The summed E-state index contributed by atoms with van der Waals surface area (Å²) in [4.78, 5) is 25.4. The van der Waals surface area contributed by atoms with E-state index in [0.717, 1.165) is 17.8 Å². The van der Waals surface area contributed by atoms with Crippen molar-refractivity contribution >= 4 is 33.2 Å². The smallest absolute Gasteiger partial charge is 0.326 e. The number of rotatable bonds is 4. The predicted molar refractivity (Wildman–Crippen MR) is 81.4 cm³/mol. The average molecular weight is 346 g/mol. The molecule has 2 rings (SSSR count). The van der Waals surface area contributed by atoms with Crippen molar-refractivity contribution in [2.75, 3.05) is 13.6 Å². The molecule has 2 atom stereocenters. The molecule has 1 fully saturated rings. The number of hydrogen-bond acceptors (Lipinski definition) is 5. The van der Waals surface area contributed by atoms with Crippen LogP contribution in [0.25, 0.3) is 0 Å². The maximum Gasteiger partial charge on any atom is 0.326 e. The van der Waals surface area contributed by atoms with E-state index in [0.29, 0.717) is 13.0 Å². The zero-order valence-corrected chi connectivity index (χ0v) is 13.9. The first-order valence-electron chi connectivity index (χ1n) is 6.82. The molecule has 2 heterocycles. The second-order valence-corrected chi connectivity index (χ2v) is 8.13. The quantitative estimate of drug-likeness (QED) is 0.846. The van der Waals surface area contributed by atoms with Gasteiger partial charge < -0.3 is 10.0 Å². The fraction of sp³-hybridized carbons (Fsp3) is 0.538. The number of carbonyl (C=O) groups excluding carboxylic acids is 1. The number of thiophene rings is 1. The molecule has 22 heavy (non-hydrogen) atoms. The zero-order chi connectivity index (χ0) is 16.5. The third-order valence-corrected chi connectivity index (χ3v) is 6.24. The summed E-state index contributed by atoms with van der Waals surface area (Å²) in [6.07, 6.45) is 1.15. The summed E-state index contributed by atoms with van der Waals surface area (Å²) in [5.41, 5.74) is 0. The van der Waals surface area contributed by atoms with Crippen LogP contribution < -0.4 is 4.72 Å². The fourth-order valence-electron chi connectivity index (χ4n) is 2.45. The van der Waals surface area contributed by atoms with Gasteiger partial charge in [-0.1, -0.05) is 6.92 Å². The minimum atomic E-state index is -3.61. The molecule has 122 valence electrons. The van der Waals surface area contributed by atoms with E-state index in [-0.39, 0.29) is 15.7 Å². The molecule has 0 bridgehead atoms. The molecule has 2 N–H and O–H groups in total. The number of piperidine rings is 1. The number of carboxylic acid groups (broad SMARTS) is 1. The van der Waals surface area contributed by atoms with Crippen LogP contribution in [-0.4, -0.2) is 49.9 Å². The molecule has 1 amide bonds. The van der Waals surface area contributed by atoms with Crippen molar-refractivity contribution in [1.82, 2.24) is 9.62 Å². The van der Waals surface area contributed by atoms with Gasteiger partial charge in [0.2, 0.25) is 10.0 Å². The third-order valence-electron chi connectivity index (χ3n) is 3.78. The maximum atomic E-state index is 12.5. The Hall–Kier alpha value is -1.45. The van der Waals surface area contributed by atoms with Gasteiger partial charge in [-0.3, -0.25) is 4.79 Å². The lowest BCUT2D eigenvalue weighted by molar-refractivity contribution is -0.144. The first-order chi connectivity index (χ1) is 10.3. The zero-order valence-electron chi connectivity index (χ0n) is 12.3. The van der Waals surface area contributed by atoms with Crippen LogP contribution in [0.1, 0.15) is 29.4 Å². The number of carbonyl (C=O) groups is 2. The molecule has 0 radical (unpaired) electrons. The Bertz CT molecular complexity index is 682. The molecule has 1 aromatic heterocycles. The Balaban J connectivity index is 2.26. The van der Waals surface area contributed by atoms with Gasteiger partial charge in [0.1, 0.15) is 6.04 Å². The Labute approximate surface area is 133 Å². The lowest BCUT2D eigenvalue weighted by Gasteiger charge is -2.35. The van der Waals surface area contributed by atoms with Crippen molar-refractivity contribution in [3.05, 3.63) is 16.3 Å². The van der Waals surface area contributed by atoms with Crippen LogP contribution in [0, 0.1) is 5.92 Å². The third kappa shape index (κ3) is 3.31. The van der Waals surface area contributed by atoms with Crippen LogP contribution in [0.3, 0.4) is 0 Å². The summed E-state index contributed by atoms with van der Waals surface area (Å²) in [5, 5.41) is 10.7. The number of aliphatic carboxylic acids is 1. The molecule has 9 heteroatoms. The van der Waals surface area contributed by atoms with Gasteiger partial charge in [0.15, 0.2) is 0 Å². The largest absolute Gasteiger partial charge is 0.480 e. The van der Waals surface area contributed by atoms with Crippen LogP contribution >= 0.6 is 11.3 Å². The van der Waals surface area contributed by atoms with E-state index in [1.165, 1.54) is 23.4 Å². The van der Waals surface area contributed by atoms with E-state index in [2.05, 4.69) is 4.72 Å². The first kappa shape index (κ1) is 16.9. The molecule has 2 unspecified atom stereocenters. The van der Waals surface area contributed by atoms with Gasteiger partial charge in [0.25, 0.3) is 5.91 Å². The predicted octanol–water partition coefficient (Wildman–Crippen LogP) is 0.981. The van der Waals surface area contributed by atoms with Gasteiger partial charge in [-0.15, -0.1) is 11.3 Å². The summed E-state index contributed by atoms with van der Waals surface area (Å²) < 4.78 is 25.6. The Morgan fingerprint density at radius 2 is 2.14 bits per heavy atom. The van der Waals surface area contributed by atoms with Gasteiger partial charge in [-0.05, 0) is 31.9 Å². The van der Waals surface area contributed by atoms with Crippen LogP contribution in [0.2, 0.25) is 0 Å². The van der Waals surface area contributed by atoms with Crippen molar-refractivity contribution in [2.24, 2.45) is 5.92 Å². The number of amides is 1. The summed E-state index contributed by atoms with van der Waals surface area (Å²) in [7, 11) is -2.31. The molecule has 0 aromatic carbocycles. The SMILES string of the molecule is CNS(=O)(=O)c1csc(C(=O)N2CCC(C)CC2C(=O)O)c1. The van der Waals surface area contributed by atoms with E-state index in [4.69, 9.17) is 0 Å². The fourth-order valence-corrected chi connectivity index (χ4v) is 4.41. The number of nitrogens with zero attached hydrogens (tertiary/aromatic N) is 1. The normalized spacial score (nSPS) is 22.5. The van der Waals surface area contributed by atoms with Crippen molar-refractivity contribution in [1.29, 1.82) is 0 Å². The molecular weight excluding hydrogens is 328 g/mol. The summed E-state index contributed by atoms with van der Waals surface area (Å²) >= 11 is 1.00. The van der Waals surface area contributed by atoms with Gasteiger partial charge in [-0.25, -0.2) is 17.9 Å². The maximum absolute atomic E-state index is 12.5. The summed E-state index contributed by atoms with van der Waals surface area (Å²) in [5.74, 6) is -1.21. The molecule has 0 aliphatic carbocycles. The Morgan fingerprint density at radius 1 is 1.45 bits per heavy atom. The lowest BCUT2D eigenvalue weighted by atomic mass is 9.92. The van der Waals surface area contributed by atoms with Crippen LogP contribution in [-0.2, 0) is 14.8 Å². The summed E-state index contributed by atoms with van der Waals surface area (Å²) in [6, 6.07) is 0.429. The molecule has 0 spiro atoms. The highest BCUT2D eigenvalue weighted by atomic mass is 32.2. The molecule has 0 saturated carbocycles. The Kier molecular flexibility index (Phi) is 4.88. The number of nitrogens with one attached hydrogen (secondary N) is 1. The minimum Gasteiger partial charge on any atom is -0.480 e. The molecule has 1 aromatic rings. The number of carboxylic acids is 1. The molecular formula is C13H18N2O5S2. The molecule has 1 saturated heterocycles. The number of hydrogen-bond donors (Lipinski definition) is 2. The van der Waals surface area contributed by atoms with Crippen LogP contribution in [0.5, 0.6) is 0 Å². The van der Waals surface area contributed by atoms with E-state index >= 15 is 0 Å². The van der Waals surface area contributed by atoms with E-state index < -0.39 is 27.9 Å². The van der Waals surface area contributed by atoms with Gasteiger partial charge in [0.05, 0.1) is 9.77 Å². The Morgan fingerprint density at radius 3 is 2.73 bits per heavy atom. The van der Waals surface area contributed by atoms with Gasteiger partial charge in [0, 0.05) is 11.9 Å². The monoisotopic (exact) mass is 346 g/mol. The second-order valence-electron chi connectivity index (χ2n) is 5.34. The highest BCUT2D eigenvalue weighted by Crippen LogP contribution is 2.27. The van der Waals surface area contributed by atoms with E-state index in [9.17, 15) is 23.1 Å². The van der Waals surface area contributed by atoms with Gasteiger partial charge >= 0.3 is 5.97 Å². The minimum absolute atomic E-state index is 0.0144. The van der Waals surface area contributed by atoms with Gasteiger partial charge in [-0.2, -0.15) is 0 Å². The lowest BCUT2D eigenvalue weighted by Crippen LogP contribution is -2.49. The van der Waals surface area contributed by atoms with Crippen molar-refractivity contribution < 1.29 is 23.1 Å². The standard InChI is InChI=1S/C13H18N2O5S2/c1-8-3-4-15(10(5-8)13(17)18)12(16)11-6-9(7-21-11)22(19,20)14-2/h6-8,10,14H,3-5H2,1-2H3,(H,17,18). The van der Waals surface area contributed by atoms with Crippen LogP contribution in [0.4, 0.5) is 0 Å². The summed E-state index contributed by atoms with van der Waals surface area (Å²) in [6.45, 7) is 2.32. The van der Waals surface area contributed by atoms with Crippen molar-refractivity contribution in [3.8, 4) is 0 Å². The van der Waals surface area contributed by atoms with Crippen molar-refractivity contribution in [2.45, 2.75) is 30.7 Å². The molecule has 1 aliphatic rings. The molecule has 7 nitrogen and oxygen atoms in total. The molecule has 1 aliphatic heterocycles. The van der Waals surface area contributed by atoms with Crippen molar-refractivity contribution in [3.63, 3.8) is 0 Å². The topological polar surface area (TPSA) is 104 Å².